The van der Waals surface area contributed by atoms with Gasteiger partial charge in [-0.15, -0.1) is 9.78 Å². The molecule has 3 heterocycles. The van der Waals surface area contributed by atoms with Crippen molar-refractivity contribution in [3.05, 3.63) is 106 Å². The van der Waals surface area contributed by atoms with Gasteiger partial charge in [0, 0.05) is 5.02 Å². The highest BCUT2D eigenvalue weighted by molar-refractivity contribution is 6.30. The summed E-state index contributed by atoms with van der Waals surface area (Å²) in [6, 6.07) is 24.4. The minimum absolute atomic E-state index is 0.207. The second-order valence-electron chi connectivity index (χ2n) is 7.50. The van der Waals surface area contributed by atoms with Crippen LogP contribution in [0.25, 0.3) is 38.9 Å². The Hall–Kier alpha value is -4.36. The summed E-state index contributed by atoms with van der Waals surface area (Å²) in [7, 11) is 0. The van der Waals surface area contributed by atoms with Crippen LogP contribution in [0.5, 0.6) is 0 Å². The number of halogens is 1. The zero-order chi connectivity index (χ0) is 22.4. The zero-order valence-electron chi connectivity index (χ0n) is 17.2. The molecule has 0 aliphatic heterocycles. The first-order chi connectivity index (χ1) is 16.2. The topological polar surface area (TPSA) is 79.2 Å². The molecule has 7 nitrogen and oxygen atoms in total. The van der Waals surface area contributed by atoms with Gasteiger partial charge in [0.1, 0.15) is 11.2 Å². The number of H-pyrrole nitrogens is 1. The molecule has 6 rings (SSSR count). The molecule has 158 valence electrons. The molecule has 6 aromatic rings. The molecule has 0 bridgehead atoms. The average molecular weight is 452 g/mol. The van der Waals surface area contributed by atoms with Crippen LogP contribution in [0.4, 0.5) is 0 Å². The van der Waals surface area contributed by atoms with Crippen molar-refractivity contribution in [3.63, 3.8) is 0 Å². The van der Waals surface area contributed by atoms with Crippen LogP contribution in [-0.2, 0) is 0 Å². The molecule has 0 fully saturated rings. The molecule has 3 aromatic carbocycles. The number of rotatable bonds is 3. The van der Waals surface area contributed by atoms with Crippen molar-refractivity contribution in [3.8, 4) is 5.69 Å². The van der Waals surface area contributed by atoms with E-state index in [-0.39, 0.29) is 5.56 Å². The van der Waals surface area contributed by atoms with Crippen LogP contribution in [0.1, 0.15) is 5.56 Å². The lowest BCUT2D eigenvalue weighted by molar-refractivity contribution is -0.356. The minimum Gasteiger partial charge on any atom is -0.250 e. The highest BCUT2D eigenvalue weighted by Gasteiger charge is 2.25. The standard InChI is InChI=1S/C25H15ClN6O/c26-17-8-6-7-16(13-17)14-28-32-23-21(22-24(32)30-20-12-5-4-11-19(20)29-22)25(33)31(15-27-23)18-9-2-1-3-10-18/h1-15H/p+1/b28-14+. The Kier molecular flexibility index (Phi) is 4.48. The molecule has 3 aromatic heterocycles. The predicted octanol–water partition coefficient (Wildman–Crippen LogP) is 4.24. The van der Waals surface area contributed by atoms with Crippen LogP contribution < -0.4 is 10.5 Å². The maximum absolute atomic E-state index is 13.6. The quantitative estimate of drug-likeness (QED) is 0.377. The summed E-state index contributed by atoms with van der Waals surface area (Å²) < 4.78 is 3.17. The molecular formula is C25H16ClN6O+. The third kappa shape index (κ3) is 3.26. The van der Waals surface area contributed by atoms with E-state index in [1.165, 1.54) is 0 Å². The van der Waals surface area contributed by atoms with Crippen molar-refractivity contribution in [2.45, 2.75) is 0 Å². The monoisotopic (exact) mass is 451 g/mol. The second-order valence-corrected chi connectivity index (χ2v) is 7.94. The lowest BCUT2D eigenvalue weighted by Gasteiger charge is -1.99. The fourth-order valence-corrected chi connectivity index (χ4v) is 4.07. The first-order valence-electron chi connectivity index (χ1n) is 10.3. The van der Waals surface area contributed by atoms with E-state index < -0.39 is 0 Å². The van der Waals surface area contributed by atoms with Crippen molar-refractivity contribution in [2.24, 2.45) is 5.10 Å². The number of hydrogen-bond donors (Lipinski definition) is 0. The number of hydrogen-bond acceptors (Lipinski definition) is 4. The summed E-state index contributed by atoms with van der Waals surface area (Å²) in [4.78, 5) is 26.4. The van der Waals surface area contributed by atoms with Gasteiger partial charge in [0.15, 0.2) is 11.7 Å². The van der Waals surface area contributed by atoms with Crippen LogP contribution >= 0.6 is 11.6 Å². The van der Waals surface area contributed by atoms with Crippen molar-refractivity contribution in [2.75, 3.05) is 0 Å². The lowest BCUT2D eigenvalue weighted by atomic mass is 10.2. The van der Waals surface area contributed by atoms with Gasteiger partial charge >= 0.3 is 5.56 Å². The molecule has 33 heavy (non-hydrogen) atoms. The highest BCUT2D eigenvalue weighted by atomic mass is 35.5. The smallest absolute Gasteiger partial charge is 0.250 e. The maximum Gasteiger partial charge on any atom is 0.327 e. The third-order valence-corrected chi connectivity index (χ3v) is 5.64. The Balaban J connectivity index is 1.68. The Bertz CT molecular complexity index is 1750. The Morgan fingerprint density at radius 2 is 1.67 bits per heavy atom. The predicted molar refractivity (Wildman–Crippen MR) is 129 cm³/mol. The molecule has 0 atom stereocenters. The molecule has 8 heteroatoms. The number of aromatic nitrogens is 5. The highest BCUT2D eigenvalue weighted by Crippen LogP contribution is 2.24. The number of nitrogens with zero attached hydrogens (tertiary/aromatic N) is 5. The molecule has 0 unspecified atom stereocenters. The average Bonchev–Trinajstić information content (AvgIpc) is 3.15. The van der Waals surface area contributed by atoms with Crippen molar-refractivity contribution >= 4 is 51.0 Å². The summed E-state index contributed by atoms with van der Waals surface area (Å²) in [6.45, 7) is 0. The fraction of sp³-hybridized carbons (Fsp3) is 0. The number of benzene rings is 3. The summed E-state index contributed by atoms with van der Waals surface area (Å²) in [5, 5.41) is 5.67. The normalized spacial score (nSPS) is 11.8. The first-order valence-corrected chi connectivity index (χ1v) is 10.7. The second kappa shape index (κ2) is 7.65. The molecular weight excluding hydrogens is 436 g/mol. The van der Waals surface area contributed by atoms with E-state index in [4.69, 9.17) is 21.6 Å². The molecule has 1 N–H and O–H groups in total. The van der Waals surface area contributed by atoms with Gasteiger partial charge in [0.25, 0.3) is 5.65 Å². The van der Waals surface area contributed by atoms with Crippen LogP contribution in [0.15, 0.2) is 95.1 Å². The maximum atomic E-state index is 13.6. The molecule has 0 amide bonds. The van der Waals surface area contributed by atoms with Gasteiger partial charge in [-0.25, -0.2) is 19.7 Å². The van der Waals surface area contributed by atoms with Gasteiger partial charge in [0.2, 0.25) is 5.65 Å². The molecule has 0 aliphatic carbocycles. The number of nitrogens with one attached hydrogen (secondary N) is 1. The van der Waals surface area contributed by atoms with Gasteiger partial charge < -0.3 is 0 Å². The third-order valence-electron chi connectivity index (χ3n) is 5.41. The fourth-order valence-electron chi connectivity index (χ4n) is 3.87. The zero-order valence-corrected chi connectivity index (χ0v) is 17.9. The van der Waals surface area contributed by atoms with E-state index in [0.29, 0.717) is 32.7 Å². The van der Waals surface area contributed by atoms with E-state index in [9.17, 15) is 4.79 Å². The van der Waals surface area contributed by atoms with Gasteiger partial charge in [0.05, 0.1) is 17.2 Å². The van der Waals surface area contributed by atoms with Gasteiger partial charge in [-0.2, -0.15) is 4.57 Å². The molecule has 0 aliphatic rings. The van der Waals surface area contributed by atoms with E-state index in [1.54, 1.807) is 27.9 Å². The molecule has 0 radical (unpaired) electrons. The first kappa shape index (κ1) is 19.3. The summed E-state index contributed by atoms with van der Waals surface area (Å²) in [5.74, 6) is 0. The Morgan fingerprint density at radius 3 is 2.45 bits per heavy atom. The van der Waals surface area contributed by atoms with Crippen LogP contribution in [0.3, 0.4) is 0 Å². The lowest BCUT2D eigenvalue weighted by Crippen LogP contribution is -2.25. The minimum atomic E-state index is -0.207. The van der Waals surface area contributed by atoms with Gasteiger partial charge in [-0.1, -0.05) is 54.1 Å². The summed E-state index contributed by atoms with van der Waals surface area (Å²) in [6.07, 6.45) is 3.31. The number of para-hydroxylation sites is 3. The van der Waals surface area contributed by atoms with Crippen molar-refractivity contribution < 1.29 is 4.98 Å². The van der Waals surface area contributed by atoms with Gasteiger partial charge in [-0.3, -0.25) is 0 Å². The Labute approximate surface area is 192 Å². The van der Waals surface area contributed by atoms with Crippen LogP contribution in [0.2, 0.25) is 5.02 Å². The van der Waals surface area contributed by atoms with E-state index >= 15 is 0 Å². The summed E-state index contributed by atoms with van der Waals surface area (Å²) >= 11 is 6.12. The van der Waals surface area contributed by atoms with Gasteiger partial charge in [-0.05, 0) is 42.0 Å². The Morgan fingerprint density at radius 1 is 0.909 bits per heavy atom. The summed E-state index contributed by atoms with van der Waals surface area (Å²) in [5.41, 5.74) is 4.27. The molecule has 0 spiro atoms. The van der Waals surface area contributed by atoms with Crippen LogP contribution in [-0.4, -0.2) is 25.4 Å². The van der Waals surface area contributed by atoms with Crippen molar-refractivity contribution in [1.29, 1.82) is 0 Å². The largest absolute Gasteiger partial charge is 0.327 e. The molecule has 0 saturated carbocycles. The number of fused-ring (bicyclic) bond motifs is 4. The van der Waals surface area contributed by atoms with Crippen molar-refractivity contribution in [1.82, 2.24) is 19.2 Å². The SMILES string of the molecule is O=c1c2c3nc4ccccc4nc3n(/N=C/c3cccc(Cl)c3)c2[nH+]cn1-c1ccccc1. The van der Waals surface area contributed by atoms with E-state index in [1.807, 2.05) is 72.8 Å². The molecule has 0 saturated heterocycles. The van der Waals surface area contributed by atoms with Crippen LogP contribution in [0, 0.1) is 0 Å². The number of aromatic amines is 1. The van der Waals surface area contributed by atoms with E-state index in [2.05, 4.69) is 10.1 Å². The van der Waals surface area contributed by atoms with E-state index in [0.717, 1.165) is 16.8 Å².